The molecule has 0 N–H and O–H groups in total. The summed E-state index contributed by atoms with van der Waals surface area (Å²) in [6, 6.07) is 11.2. The molecule has 5 fully saturated rings. The van der Waals surface area contributed by atoms with Gasteiger partial charge in [-0.1, -0.05) is 84.2 Å². The largest absolute Gasteiger partial charge is 0.361 e. The maximum Gasteiger partial charge on any atom is 0.120 e. The highest BCUT2D eigenvalue weighted by Crippen LogP contribution is 2.72. The summed E-state index contributed by atoms with van der Waals surface area (Å²) in [5.41, 5.74) is 2.63. The van der Waals surface area contributed by atoms with E-state index in [4.69, 9.17) is 4.74 Å². The molecule has 1 aromatic carbocycles. The Morgan fingerprint density at radius 3 is 2.38 bits per heavy atom. The summed E-state index contributed by atoms with van der Waals surface area (Å²) < 4.78 is 6.60. The van der Waals surface area contributed by atoms with Crippen molar-refractivity contribution >= 4 is 0 Å². The molecule has 1 nitrogen and oxygen atoms in total. The molecule has 0 spiro atoms. The lowest BCUT2D eigenvalue weighted by molar-refractivity contribution is -0.114. The summed E-state index contributed by atoms with van der Waals surface area (Å²) in [5.74, 6) is 6.51. The molecule has 0 aromatic heterocycles. The van der Waals surface area contributed by atoms with Gasteiger partial charge in [0, 0.05) is 0 Å². The van der Waals surface area contributed by atoms with E-state index in [1.165, 1.54) is 76.2 Å². The Bertz CT molecular complexity index is 876. The average molecular weight is 463 g/mol. The zero-order valence-corrected chi connectivity index (χ0v) is 22.7. The smallest absolute Gasteiger partial charge is 0.120 e. The molecule has 1 heteroatoms. The van der Waals surface area contributed by atoms with Crippen molar-refractivity contribution in [3.63, 3.8) is 0 Å². The van der Waals surface area contributed by atoms with Gasteiger partial charge in [0.25, 0.3) is 0 Å². The number of benzene rings is 1. The van der Waals surface area contributed by atoms with E-state index in [-0.39, 0.29) is 5.60 Å². The lowest BCUT2D eigenvalue weighted by Gasteiger charge is -2.60. The third-order valence-electron chi connectivity index (χ3n) is 12.5. The van der Waals surface area contributed by atoms with Crippen LogP contribution in [0.5, 0.6) is 0 Å². The molecule has 1 saturated heterocycles. The van der Waals surface area contributed by atoms with Gasteiger partial charge < -0.3 is 4.74 Å². The fourth-order valence-corrected chi connectivity index (χ4v) is 10.7. The number of hydrogen-bond acceptors (Lipinski definition) is 1. The lowest BCUT2D eigenvalue weighted by atomic mass is 9.43. The Labute approximate surface area is 209 Å². The van der Waals surface area contributed by atoms with Gasteiger partial charge >= 0.3 is 0 Å². The van der Waals surface area contributed by atoms with E-state index >= 15 is 0 Å². The Balaban J connectivity index is 1.17. The van der Waals surface area contributed by atoms with E-state index in [1.807, 2.05) is 0 Å². The molecule has 1 heterocycles. The summed E-state index contributed by atoms with van der Waals surface area (Å²) in [7, 11) is 0. The van der Waals surface area contributed by atoms with Crippen LogP contribution in [0.15, 0.2) is 30.3 Å². The normalized spacial score (nSPS) is 47.9. The molecule has 10 unspecified atom stereocenters. The van der Waals surface area contributed by atoms with E-state index in [0.717, 1.165) is 41.4 Å². The van der Waals surface area contributed by atoms with Crippen molar-refractivity contribution < 1.29 is 4.74 Å². The summed E-state index contributed by atoms with van der Waals surface area (Å²) in [6.07, 6.45) is 16.3. The van der Waals surface area contributed by atoms with Gasteiger partial charge in [-0.05, 0) is 109 Å². The van der Waals surface area contributed by atoms with Gasteiger partial charge in [0.05, 0.1) is 6.10 Å². The van der Waals surface area contributed by atoms with Crippen LogP contribution < -0.4 is 0 Å². The predicted molar refractivity (Wildman–Crippen MR) is 141 cm³/mol. The van der Waals surface area contributed by atoms with E-state index < -0.39 is 0 Å². The monoisotopic (exact) mass is 462 g/mol. The summed E-state index contributed by atoms with van der Waals surface area (Å²) in [4.78, 5) is 0. The van der Waals surface area contributed by atoms with Gasteiger partial charge in [-0.3, -0.25) is 0 Å². The van der Waals surface area contributed by atoms with Gasteiger partial charge in [0.2, 0.25) is 0 Å². The topological polar surface area (TPSA) is 12.5 Å². The third kappa shape index (κ3) is 3.49. The van der Waals surface area contributed by atoms with E-state index in [0.29, 0.717) is 16.9 Å². The first-order valence-electron chi connectivity index (χ1n) is 15.0. The second kappa shape index (κ2) is 8.36. The maximum atomic E-state index is 6.60. The first-order chi connectivity index (χ1) is 16.3. The van der Waals surface area contributed by atoms with Crippen LogP contribution in [0.1, 0.15) is 111 Å². The molecule has 6 rings (SSSR count). The highest BCUT2D eigenvalue weighted by molar-refractivity contribution is 5.32. The minimum atomic E-state index is 0.0608. The van der Waals surface area contributed by atoms with E-state index in [2.05, 4.69) is 65.0 Å². The molecular weight excluding hydrogens is 412 g/mol. The van der Waals surface area contributed by atoms with Crippen molar-refractivity contribution in [2.75, 3.05) is 0 Å². The van der Waals surface area contributed by atoms with Gasteiger partial charge in [-0.15, -0.1) is 0 Å². The molecule has 5 aliphatic rings. The van der Waals surface area contributed by atoms with Gasteiger partial charge in [0.1, 0.15) is 5.60 Å². The van der Waals surface area contributed by atoms with Crippen LogP contribution in [0.25, 0.3) is 0 Å². The lowest BCUT2D eigenvalue weighted by Crippen LogP contribution is -2.54. The molecule has 34 heavy (non-hydrogen) atoms. The van der Waals surface area contributed by atoms with Crippen molar-refractivity contribution in [2.45, 2.75) is 117 Å². The highest BCUT2D eigenvalue weighted by atomic mass is 16.6. The van der Waals surface area contributed by atoms with Crippen molar-refractivity contribution in [2.24, 2.45) is 52.3 Å². The van der Waals surface area contributed by atoms with Crippen molar-refractivity contribution in [1.29, 1.82) is 0 Å². The van der Waals surface area contributed by atoms with Crippen molar-refractivity contribution in [3.05, 3.63) is 35.9 Å². The van der Waals surface area contributed by atoms with Crippen LogP contribution in [0.3, 0.4) is 0 Å². The molecule has 0 bridgehead atoms. The first-order valence-corrected chi connectivity index (χ1v) is 15.0. The van der Waals surface area contributed by atoms with Gasteiger partial charge in [-0.25, -0.2) is 0 Å². The minimum Gasteiger partial charge on any atom is -0.361 e. The molecule has 4 saturated carbocycles. The van der Waals surface area contributed by atoms with E-state index in [1.54, 1.807) is 0 Å². The quantitative estimate of drug-likeness (QED) is 0.384. The second-order valence-electron chi connectivity index (χ2n) is 14.5. The standard InChI is InChI=1S/C33H50O/c1-22(2)10-9-11-23(3)27-16-17-28-26-15-14-25-20-33(24-12-7-6-8-13-24)30(34-33)21-32(25,5)29(26)18-19-31(27,28)4/h6-8,12-13,22-23,25-30H,9-11,14-21H2,1-5H3. The van der Waals surface area contributed by atoms with Crippen molar-refractivity contribution in [3.8, 4) is 0 Å². The summed E-state index contributed by atoms with van der Waals surface area (Å²) in [6.45, 7) is 12.8. The van der Waals surface area contributed by atoms with Gasteiger partial charge in [-0.2, -0.15) is 0 Å². The fourth-order valence-electron chi connectivity index (χ4n) is 10.7. The molecular formula is C33H50O. The SMILES string of the molecule is CC(C)CCCC(C)C1CCC2C3CCC4CC5(c6ccccc6)OC5CC4(C)C3CCC12C. The Morgan fingerprint density at radius 1 is 0.853 bits per heavy atom. The zero-order chi connectivity index (χ0) is 23.7. The maximum absolute atomic E-state index is 6.60. The first kappa shape index (κ1) is 23.6. The zero-order valence-electron chi connectivity index (χ0n) is 22.7. The van der Waals surface area contributed by atoms with Crippen LogP contribution in [-0.2, 0) is 10.3 Å². The third-order valence-corrected chi connectivity index (χ3v) is 12.5. The van der Waals surface area contributed by atoms with E-state index in [9.17, 15) is 0 Å². The average Bonchev–Trinajstić information content (AvgIpc) is 3.40. The fraction of sp³-hybridized carbons (Fsp3) is 0.818. The molecule has 1 aliphatic heterocycles. The molecule has 1 aromatic rings. The molecule has 188 valence electrons. The minimum absolute atomic E-state index is 0.0608. The summed E-state index contributed by atoms with van der Waals surface area (Å²) in [5, 5.41) is 0. The molecule has 4 aliphatic carbocycles. The number of ether oxygens (including phenoxy) is 1. The van der Waals surface area contributed by atoms with Crippen LogP contribution in [0, 0.1) is 52.3 Å². The Morgan fingerprint density at radius 2 is 1.62 bits per heavy atom. The number of epoxide rings is 1. The van der Waals surface area contributed by atoms with Crippen LogP contribution >= 0.6 is 0 Å². The van der Waals surface area contributed by atoms with Crippen LogP contribution in [-0.4, -0.2) is 6.10 Å². The Kier molecular flexibility index (Phi) is 5.79. The van der Waals surface area contributed by atoms with Crippen LogP contribution in [0.2, 0.25) is 0 Å². The second-order valence-corrected chi connectivity index (χ2v) is 14.5. The number of rotatable bonds is 6. The Hall–Kier alpha value is -0.820. The molecule has 10 atom stereocenters. The predicted octanol–water partition coefficient (Wildman–Crippen LogP) is 9.01. The molecule has 0 amide bonds. The molecule has 0 radical (unpaired) electrons. The van der Waals surface area contributed by atoms with Crippen molar-refractivity contribution in [1.82, 2.24) is 0 Å². The summed E-state index contributed by atoms with van der Waals surface area (Å²) >= 11 is 0. The van der Waals surface area contributed by atoms with Gasteiger partial charge in [0.15, 0.2) is 0 Å². The highest BCUT2D eigenvalue weighted by Gasteiger charge is 2.69. The number of fused-ring (bicyclic) bond motifs is 6. The van der Waals surface area contributed by atoms with Crippen LogP contribution in [0.4, 0.5) is 0 Å². The number of hydrogen-bond donors (Lipinski definition) is 0.